The maximum absolute atomic E-state index is 4.33. The van der Waals surface area contributed by atoms with Crippen LogP contribution < -0.4 is 0 Å². The Hall–Kier alpha value is -1.03. The van der Waals surface area contributed by atoms with Gasteiger partial charge in [0.25, 0.3) is 0 Å². The highest BCUT2D eigenvalue weighted by Crippen LogP contribution is 2.24. The fourth-order valence-corrected chi connectivity index (χ4v) is 1.73. The van der Waals surface area contributed by atoms with E-state index in [1.54, 1.807) is 0 Å². The Bertz CT molecular complexity index is 375. The number of aromatic amines is 2. The third-order valence-corrected chi connectivity index (χ3v) is 2.22. The third kappa shape index (κ3) is 1.18. The molecule has 0 saturated carbocycles. The zero-order valence-electron chi connectivity index (χ0n) is 6.56. The lowest BCUT2D eigenvalue weighted by molar-refractivity contribution is 1.14. The average Bonchev–Trinajstić information content (AvgIpc) is 2.58. The molecule has 0 aliphatic heterocycles. The molecule has 62 valence electrons. The molecule has 3 nitrogen and oxygen atoms in total. The van der Waals surface area contributed by atoms with Crippen LogP contribution in [-0.4, -0.2) is 15.0 Å². The van der Waals surface area contributed by atoms with Crippen LogP contribution in [0.1, 0.15) is 5.82 Å². The fraction of sp³-hybridized carbons (Fsp3) is 0.125. The van der Waals surface area contributed by atoms with Gasteiger partial charge in [-0.2, -0.15) is 0 Å². The van der Waals surface area contributed by atoms with Crippen LogP contribution in [0.5, 0.6) is 0 Å². The summed E-state index contributed by atoms with van der Waals surface area (Å²) in [5, 5.41) is 0. The van der Waals surface area contributed by atoms with Gasteiger partial charge in [-0.1, -0.05) is 0 Å². The first-order chi connectivity index (χ1) is 5.77. The standard InChI is InChI=1S/C8H8BrN3/c1-5-11-7(8(9)12-5)6-2-3-10-4-6/h2-4,10H,1H3,(H,11,12). The zero-order chi connectivity index (χ0) is 8.55. The molecule has 2 aromatic rings. The Kier molecular flexibility index (Phi) is 1.77. The number of imidazole rings is 1. The number of aryl methyl sites for hydroxylation is 1. The second kappa shape index (κ2) is 2.79. The fourth-order valence-electron chi connectivity index (χ4n) is 1.13. The summed E-state index contributed by atoms with van der Waals surface area (Å²) in [5.74, 6) is 0.915. The Morgan fingerprint density at radius 1 is 1.50 bits per heavy atom. The van der Waals surface area contributed by atoms with Crippen LogP contribution in [0.25, 0.3) is 11.3 Å². The van der Waals surface area contributed by atoms with Crippen molar-refractivity contribution in [3.8, 4) is 11.3 Å². The molecule has 0 aromatic carbocycles. The summed E-state index contributed by atoms with van der Waals surface area (Å²) in [7, 11) is 0. The SMILES string of the molecule is Cc1nc(-c2cc[nH]c2)c(Br)[nH]1. The average molecular weight is 226 g/mol. The molecule has 12 heavy (non-hydrogen) atoms. The quantitative estimate of drug-likeness (QED) is 0.770. The second-order valence-corrected chi connectivity index (χ2v) is 3.38. The minimum atomic E-state index is 0.915. The molecule has 2 rings (SSSR count). The maximum Gasteiger partial charge on any atom is 0.110 e. The summed E-state index contributed by atoms with van der Waals surface area (Å²) in [6.45, 7) is 1.93. The van der Waals surface area contributed by atoms with Crippen molar-refractivity contribution in [2.75, 3.05) is 0 Å². The molecule has 0 bridgehead atoms. The molecule has 0 radical (unpaired) electrons. The van der Waals surface area contributed by atoms with Gasteiger partial charge in [0.05, 0.1) is 0 Å². The maximum atomic E-state index is 4.33. The van der Waals surface area contributed by atoms with Crippen molar-refractivity contribution in [1.82, 2.24) is 15.0 Å². The molecule has 0 fully saturated rings. The van der Waals surface area contributed by atoms with E-state index in [-0.39, 0.29) is 0 Å². The number of H-pyrrole nitrogens is 2. The molecule has 0 atom stereocenters. The van der Waals surface area contributed by atoms with Crippen molar-refractivity contribution in [3.05, 3.63) is 28.9 Å². The molecule has 0 unspecified atom stereocenters. The molecule has 0 aliphatic carbocycles. The normalized spacial score (nSPS) is 10.5. The predicted molar refractivity (Wildman–Crippen MR) is 50.8 cm³/mol. The van der Waals surface area contributed by atoms with Crippen molar-refractivity contribution in [2.45, 2.75) is 6.92 Å². The summed E-state index contributed by atoms with van der Waals surface area (Å²) in [6.07, 6.45) is 3.80. The molecular formula is C8H8BrN3. The molecule has 0 saturated heterocycles. The van der Waals surface area contributed by atoms with Gasteiger partial charge in [0.1, 0.15) is 16.1 Å². The van der Waals surface area contributed by atoms with Crippen molar-refractivity contribution in [2.24, 2.45) is 0 Å². The van der Waals surface area contributed by atoms with E-state index >= 15 is 0 Å². The summed E-state index contributed by atoms with van der Waals surface area (Å²) in [6, 6.07) is 1.99. The number of aromatic nitrogens is 3. The van der Waals surface area contributed by atoms with Crippen molar-refractivity contribution in [1.29, 1.82) is 0 Å². The van der Waals surface area contributed by atoms with Crippen LogP contribution in [0, 0.1) is 6.92 Å². The van der Waals surface area contributed by atoms with Crippen LogP contribution in [-0.2, 0) is 0 Å². The second-order valence-electron chi connectivity index (χ2n) is 2.58. The van der Waals surface area contributed by atoms with E-state index in [4.69, 9.17) is 0 Å². The highest BCUT2D eigenvalue weighted by molar-refractivity contribution is 9.10. The Balaban J connectivity index is 2.54. The van der Waals surface area contributed by atoms with Crippen LogP contribution in [0.15, 0.2) is 23.1 Å². The molecular weight excluding hydrogens is 218 g/mol. The minimum Gasteiger partial charge on any atom is -0.367 e. The Morgan fingerprint density at radius 3 is 2.83 bits per heavy atom. The van der Waals surface area contributed by atoms with Crippen LogP contribution >= 0.6 is 15.9 Å². The first-order valence-corrected chi connectivity index (χ1v) is 4.42. The summed E-state index contributed by atoms with van der Waals surface area (Å²) in [5.41, 5.74) is 2.04. The Labute approximate surface area is 78.4 Å². The summed E-state index contributed by atoms with van der Waals surface area (Å²) < 4.78 is 0.930. The van der Waals surface area contributed by atoms with E-state index in [2.05, 4.69) is 30.9 Å². The van der Waals surface area contributed by atoms with Crippen molar-refractivity contribution >= 4 is 15.9 Å². The van der Waals surface area contributed by atoms with Gasteiger partial charge in [0, 0.05) is 18.0 Å². The molecule has 2 aromatic heterocycles. The predicted octanol–water partition coefficient (Wildman–Crippen LogP) is 2.48. The number of nitrogens with one attached hydrogen (secondary N) is 2. The van der Waals surface area contributed by atoms with E-state index in [0.29, 0.717) is 0 Å². The lowest BCUT2D eigenvalue weighted by Crippen LogP contribution is -1.74. The molecule has 0 spiro atoms. The van der Waals surface area contributed by atoms with Gasteiger partial charge in [-0.15, -0.1) is 0 Å². The van der Waals surface area contributed by atoms with Crippen molar-refractivity contribution < 1.29 is 0 Å². The first kappa shape index (κ1) is 7.61. The van der Waals surface area contributed by atoms with E-state index in [0.717, 1.165) is 21.7 Å². The lowest BCUT2D eigenvalue weighted by Gasteiger charge is -1.88. The van der Waals surface area contributed by atoms with Crippen LogP contribution in [0.4, 0.5) is 0 Å². The lowest BCUT2D eigenvalue weighted by atomic mass is 10.3. The summed E-state index contributed by atoms with van der Waals surface area (Å²) >= 11 is 3.41. The van der Waals surface area contributed by atoms with E-state index in [1.165, 1.54) is 0 Å². The molecule has 2 N–H and O–H groups in total. The number of hydrogen-bond donors (Lipinski definition) is 2. The summed E-state index contributed by atoms with van der Waals surface area (Å²) in [4.78, 5) is 10.4. The minimum absolute atomic E-state index is 0.915. The van der Waals surface area contributed by atoms with Gasteiger partial charge >= 0.3 is 0 Å². The first-order valence-electron chi connectivity index (χ1n) is 3.62. The largest absolute Gasteiger partial charge is 0.367 e. The number of rotatable bonds is 1. The van der Waals surface area contributed by atoms with Gasteiger partial charge in [-0.3, -0.25) is 0 Å². The van der Waals surface area contributed by atoms with Crippen molar-refractivity contribution in [3.63, 3.8) is 0 Å². The van der Waals surface area contributed by atoms with E-state index in [9.17, 15) is 0 Å². The number of nitrogens with zero attached hydrogens (tertiary/aromatic N) is 1. The van der Waals surface area contributed by atoms with E-state index in [1.807, 2.05) is 25.4 Å². The highest BCUT2D eigenvalue weighted by Gasteiger charge is 2.07. The molecule has 0 aliphatic rings. The third-order valence-electron chi connectivity index (χ3n) is 1.65. The molecule has 4 heteroatoms. The van der Waals surface area contributed by atoms with Crippen LogP contribution in [0.2, 0.25) is 0 Å². The number of halogens is 1. The van der Waals surface area contributed by atoms with Gasteiger partial charge in [0.2, 0.25) is 0 Å². The Morgan fingerprint density at radius 2 is 2.33 bits per heavy atom. The zero-order valence-corrected chi connectivity index (χ0v) is 8.14. The van der Waals surface area contributed by atoms with Crippen LogP contribution in [0.3, 0.4) is 0 Å². The highest BCUT2D eigenvalue weighted by atomic mass is 79.9. The smallest absolute Gasteiger partial charge is 0.110 e. The van der Waals surface area contributed by atoms with E-state index < -0.39 is 0 Å². The molecule has 2 heterocycles. The van der Waals surface area contributed by atoms with Gasteiger partial charge in [-0.05, 0) is 28.9 Å². The topological polar surface area (TPSA) is 44.5 Å². The number of hydrogen-bond acceptors (Lipinski definition) is 1. The molecule has 0 amide bonds. The van der Waals surface area contributed by atoms with Gasteiger partial charge in [-0.25, -0.2) is 4.98 Å². The van der Waals surface area contributed by atoms with Gasteiger partial charge < -0.3 is 9.97 Å². The monoisotopic (exact) mass is 225 g/mol. The van der Waals surface area contributed by atoms with Gasteiger partial charge in [0.15, 0.2) is 0 Å².